The van der Waals surface area contributed by atoms with Gasteiger partial charge in [-0.2, -0.15) is 0 Å². The van der Waals surface area contributed by atoms with E-state index in [9.17, 15) is 4.57 Å². The Morgan fingerprint density at radius 1 is 1.09 bits per heavy atom. The Morgan fingerprint density at radius 2 is 1.73 bits per heavy atom. The molecule has 1 atom stereocenters. The Morgan fingerprint density at radius 3 is 2.36 bits per heavy atom. The molecule has 0 saturated heterocycles. The van der Waals surface area contributed by atoms with Crippen molar-refractivity contribution in [3.8, 4) is 0 Å². The molecule has 0 spiro atoms. The van der Waals surface area contributed by atoms with Crippen LogP contribution in [-0.2, 0) is 9.09 Å². The van der Waals surface area contributed by atoms with Crippen molar-refractivity contribution >= 4 is 19.1 Å². The number of hydrogen-bond acceptors (Lipinski definition) is 3. The topological polar surface area (TPSA) is 79.8 Å². The third-order valence-electron chi connectivity index (χ3n) is 3.24. The van der Waals surface area contributed by atoms with Crippen LogP contribution < -0.4 is 9.58 Å². The summed E-state index contributed by atoms with van der Waals surface area (Å²) in [5.74, 6) is 0.489. The number of para-hydroxylation sites is 1. The van der Waals surface area contributed by atoms with Gasteiger partial charge >= 0.3 is 7.67 Å². The van der Waals surface area contributed by atoms with E-state index in [1.165, 1.54) is 4.67 Å². The molecular weight excluding hydrogens is 299 g/mol. The van der Waals surface area contributed by atoms with Gasteiger partial charge in [0.2, 0.25) is 9.80 Å². The first kappa shape index (κ1) is 14.3. The van der Waals surface area contributed by atoms with Crippen LogP contribution in [0.4, 0.5) is 5.69 Å². The number of benzene rings is 2. The average Bonchev–Trinajstić information content (AvgIpc) is 2.56. The molecule has 0 aliphatic carbocycles. The highest BCUT2D eigenvalue weighted by molar-refractivity contribution is 7.59. The summed E-state index contributed by atoms with van der Waals surface area (Å²) in [7, 11) is -3.63. The third-order valence-corrected chi connectivity index (χ3v) is 5.00. The molecule has 1 heterocycles. The lowest BCUT2D eigenvalue weighted by atomic mass is 10.2. The monoisotopic (exact) mass is 313 g/mol. The summed E-state index contributed by atoms with van der Waals surface area (Å²) in [5.41, 5.74) is 8.47. The van der Waals surface area contributed by atoms with E-state index in [1.807, 2.05) is 66.7 Å². The zero-order chi connectivity index (χ0) is 15.4. The number of anilines is 1. The molecule has 2 aromatic carbocycles. The van der Waals surface area contributed by atoms with Crippen molar-refractivity contribution in [1.29, 1.82) is 5.53 Å². The van der Waals surface area contributed by atoms with Crippen molar-refractivity contribution in [1.82, 2.24) is 4.91 Å². The summed E-state index contributed by atoms with van der Waals surface area (Å²) >= 11 is 0. The maximum absolute atomic E-state index is 13.0. The number of hydrogen-bond donors (Lipinski definition) is 1. The molecule has 0 amide bonds. The Kier molecular flexibility index (Phi) is 3.88. The first-order chi connectivity index (χ1) is 10.7. The van der Waals surface area contributed by atoms with Gasteiger partial charge in [0, 0.05) is 11.3 Å². The molecule has 0 fully saturated rings. The number of nitrogens with one attached hydrogen (secondary N) is 1. The lowest BCUT2D eigenvalue weighted by Crippen LogP contribution is -2.24. The van der Waals surface area contributed by atoms with Crippen molar-refractivity contribution in [2.24, 2.45) is 4.88 Å². The minimum absolute atomic E-state index is 0.366. The van der Waals surface area contributed by atoms with Gasteiger partial charge in [-0.05, 0) is 18.2 Å². The second kappa shape index (κ2) is 5.98. The summed E-state index contributed by atoms with van der Waals surface area (Å²) < 4.78 is 20.2. The summed E-state index contributed by atoms with van der Waals surface area (Å²) in [6.07, 6.45) is 1.85. The number of rotatable bonds is 3. The lowest BCUT2D eigenvalue weighted by Gasteiger charge is -2.30. The van der Waals surface area contributed by atoms with E-state index in [2.05, 4.69) is 9.80 Å². The SMILES string of the molecule is N=[N+]=NP1(=O)OC(c2ccccc2)=CCN1c1ccccc1. The molecule has 1 aliphatic rings. The van der Waals surface area contributed by atoms with E-state index in [1.54, 1.807) is 0 Å². The van der Waals surface area contributed by atoms with Gasteiger partial charge in [0.15, 0.2) is 0 Å². The van der Waals surface area contributed by atoms with E-state index in [-0.39, 0.29) is 0 Å². The van der Waals surface area contributed by atoms with Gasteiger partial charge in [0.1, 0.15) is 11.3 Å². The van der Waals surface area contributed by atoms with Crippen LogP contribution in [0.25, 0.3) is 5.76 Å². The van der Waals surface area contributed by atoms with Crippen LogP contribution in [0.3, 0.4) is 0 Å². The van der Waals surface area contributed by atoms with Gasteiger partial charge < -0.3 is 4.52 Å². The Labute approximate surface area is 127 Å². The molecular formula is C15H14N4O2P+. The molecule has 6 nitrogen and oxygen atoms in total. The van der Waals surface area contributed by atoms with Crippen LogP contribution in [0.1, 0.15) is 5.56 Å². The van der Waals surface area contributed by atoms with Crippen LogP contribution in [0.15, 0.2) is 71.6 Å². The van der Waals surface area contributed by atoms with Crippen molar-refractivity contribution in [2.45, 2.75) is 0 Å². The molecule has 0 radical (unpaired) electrons. The van der Waals surface area contributed by atoms with Crippen LogP contribution >= 0.6 is 7.67 Å². The first-order valence-corrected chi connectivity index (χ1v) is 8.23. The smallest absolute Gasteiger partial charge is 0.409 e. The molecule has 0 aromatic heterocycles. The highest BCUT2D eigenvalue weighted by atomic mass is 31.2. The van der Waals surface area contributed by atoms with Gasteiger partial charge in [-0.3, -0.25) is 4.67 Å². The molecule has 0 bridgehead atoms. The maximum atomic E-state index is 13.0. The number of nitrogens with zero attached hydrogens (tertiary/aromatic N) is 3. The Bertz CT molecular complexity index is 786. The second-order valence-corrected chi connectivity index (χ2v) is 6.45. The highest BCUT2D eigenvalue weighted by Crippen LogP contribution is 2.58. The first-order valence-electron chi connectivity index (χ1n) is 6.70. The normalized spacial score (nSPS) is 20.5. The molecule has 3 rings (SSSR count). The third kappa shape index (κ3) is 2.70. The van der Waals surface area contributed by atoms with Crippen LogP contribution in [0.5, 0.6) is 0 Å². The zero-order valence-electron chi connectivity index (χ0n) is 11.7. The largest absolute Gasteiger partial charge is 0.544 e. The van der Waals surface area contributed by atoms with E-state index in [4.69, 9.17) is 10.1 Å². The highest BCUT2D eigenvalue weighted by Gasteiger charge is 2.43. The zero-order valence-corrected chi connectivity index (χ0v) is 12.6. The van der Waals surface area contributed by atoms with Gasteiger partial charge in [-0.1, -0.05) is 48.5 Å². The summed E-state index contributed by atoms with van der Waals surface area (Å²) in [4.78, 5) is 6.51. The molecule has 1 N–H and O–H groups in total. The predicted octanol–water partition coefficient (Wildman–Crippen LogP) is 4.22. The van der Waals surface area contributed by atoms with Crippen molar-refractivity contribution < 1.29 is 9.09 Å². The van der Waals surface area contributed by atoms with E-state index >= 15 is 0 Å². The molecule has 7 heteroatoms. The van der Waals surface area contributed by atoms with Crippen molar-refractivity contribution in [3.63, 3.8) is 0 Å². The van der Waals surface area contributed by atoms with Gasteiger partial charge in [0.25, 0.3) is 0 Å². The standard InChI is InChI=1S/C15H14N4O2P/c16-17-18-22(20)19(14-9-5-2-6-10-14)12-11-15(21-22)13-7-3-1-4-8-13/h1-11,16H,12H2/q+1. The van der Waals surface area contributed by atoms with Gasteiger partial charge in [-0.15, -0.1) is 0 Å². The van der Waals surface area contributed by atoms with Gasteiger partial charge in [-0.25, -0.2) is 4.57 Å². The fourth-order valence-electron chi connectivity index (χ4n) is 2.23. The van der Waals surface area contributed by atoms with Gasteiger partial charge in [0.05, 0.1) is 6.54 Å². The van der Waals surface area contributed by atoms with E-state index in [0.717, 1.165) is 5.56 Å². The second-order valence-electron chi connectivity index (χ2n) is 4.62. The summed E-state index contributed by atoms with van der Waals surface area (Å²) in [6, 6.07) is 18.6. The molecule has 1 aliphatic heterocycles. The fraction of sp³-hybridized carbons (Fsp3) is 0.0667. The van der Waals surface area contributed by atoms with E-state index < -0.39 is 7.67 Å². The molecule has 0 saturated carbocycles. The Hall–Kier alpha value is -2.68. The minimum atomic E-state index is -3.63. The predicted molar refractivity (Wildman–Crippen MR) is 84.2 cm³/mol. The molecule has 2 aromatic rings. The summed E-state index contributed by atoms with van der Waals surface area (Å²) in [6.45, 7) is 0.366. The van der Waals surface area contributed by atoms with Crippen LogP contribution in [0, 0.1) is 5.53 Å². The molecule has 110 valence electrons. The van der Waals surface area contributed by atoms with E-state index in [0.29, 0.717) is 18.0 Å². The quantitative estimate of drug-likeness (QED) is 0.523. The molecule has 22 heavy (non-hydrogen) atoms. The summed E-state index contributed by atoms with van der Waals surface area (Å²) in [5, 5.41) is 0. The lowest BCUT2D eigenvalue weighted by molar-refractivity contribution is 0.446. The Balaban J connectivity index is 2.02. The molecule has 1 unspecified atom stereocenters. The maximum Gasteiger partial charge on any atom is 0.544 e. The van der Waals surface area contributed by atoms with Crippen LogP contribution in [-0.4, -0.2) is 6.54 Å². The van der Waals surface area contributed by atoms with Crippen molar-refractivity contribution in [3.05, 3.63) is 72.3 Å². The minimum Gasteiger partial charge on any atom is -0.409 e. The average molecular weight is 313 g/mol. The fourth-order valence-corrected chi connectivity index (χ4v) is 3.73. The van der Waals surface area contributed by atoms with Crippen LogP contribution in [0.2, 0.25) is 0 Å². The van der Waals surface area contributed by atoms with Crippen molar-refractivity contribution in [2.75, 3.05) is 11.2 Å².